The number of anilines is 1. The number of aromatic nitrogens is 1. The van der Waals surface area contributed by atoms with Gasteiger partial charge in [0.1, 0.15) is 5.52 Å². The van der Waals surface area contributed by atoms with Crippen molar-refractivity contribution in [1.82, 2.24) is 4.98 Å². The smallest absolute Gasteiger partial charge is 0.261 e. The van der Waals surface area contributed by atoms with Crippen LogP contribution in [0.3, 0.4) is 0 Å². The van der Waals surface area contributed by atoms with Crippen LogP contribution in [0.15, 0.2) is 58.2 Å². The van der Waals surface area contributed by atoms with E-state index in [1.807, 2.05) is 6.07 Å². The van der Waals surface area contributed by atoms with Crippen LogP contribution in [-0.4, -0.2) is 13.4 Å². The molecule has 0 bridgehead atoms. The van der Waals surface area contributed by atoms with E-state index in [0.717, 1.165) is 0 Å². The average Bonchev–Trinajstić information content (AvgIpc) is 2.94. The van der Waals surface area contributed by atoms with Gasteiger partial charge in [-0.15, -0.1) is 0 Å². The third-order valence-electron chi connectivity index (χ3n) is 2.88. The Labute approximate surface area is 120 Å². The van der Waals surface area contributed by atoms with Gasteiger partial charge in [-0.05, 0) is 42.5 Å². The van der Waals surface area contributed by atoms with E-state index >= 15 is 0 Å². The number of fused-ring (bicyclic) bond motifs is 1. The molecule has 0 spiro atoms. The average molecular weight is 299 g/mol. The van der Waals surface area contributed by atoms with Gasteiger partial charge in [0.25, 0.3) is 10.0 Å². The zero-order valence-corrected chi connectivity index (χ0v) is 11.5. The number of benzene rings is 2. The summed E-state index contributed by atoms with van der Waals surface area (Å²) in [5.41, 5.74) is 1.94. The number of hydrogen-bond acceptors (Lipinski definition) is 5. The summed E-state index contributed by atoms with van der Waals surface area (Å²) in [6.45, 7) is 0. The number of oxazole rings is 1. The quantitative estimate of drug-likeness (QED) is 0.801. The zero-order chi connectivity index (χ0) is 14.9. The lowest BCUT2D eigenvalue weighted by Crippen LogP contribution is -2.12. The molecule has 1 aromatic heterocycles. The second-order valence-corrected chi connectivity index (χ2v) is 5.96. The molecule has 0 saturated heterocycles. The Morgan fingerprint density at radius 1 is 1.14 bits per heavy atom. The second-order valence-electron chi connectivity index (χ2n) is 4.28. The Morgan fingerprint density at radius 2 is 1.90 bits per heavy atom. The molecule has 3 aromatic rings. The summed E-state index contributed by atoms with van der Waals surface area (Å²) in [7, 11) is -3.71. The summed E-state index contributed by atoms with van der Waals surface area (Å²) in [6.07, 6.45) is 1.30. The highest BCUT2D eigenvalue weighted by atomic mass is 32.2. The first-order valence-corrected chi connectivity index (χ1v) is 7.43. The van der Waals surface area contributed by atoms with Crippen LogP contribution in [0, 0.1) is 11.3 Å². The van der Waals surface area contributed by atoms with Crippen molar-refractivity contribution in [2.45, 2.75) is 4.90 Å². The molecule has 3 rings (SSSR count). The van der Waals surface area contributed by atoms with Gasteiger partial charge >= 0.3 is 0 Å². The fourth-order valence-corrected chi connectivity index (χ4v) is 2.89. The predicted octanol–water partition coefficient (Wildman–Crippen LogP) is 2.50. The fraction of sp³-hybridized carbons (Fsp3) is 0. The maximum atomic E-state index is 12.2. The van der Waals surface area contributed by atoms with Gasteiger partial charge in [-0.2, -0.15) is 5.26 Å². The predicted molar refractivity (Wildman–Crippen MR) is 76.0 cm³/mol. The summed E-state index contributed by atoms with van der Waals surface area (Å²) in [5.74, 6) is 0. The highest BCUT2D eigenvalue weighted by Gasteiger charge is 2.14. The summed E-state index contributed by atoms with van der Waals surface area (Å²) in [4.78, 5) is 4.05. The first-order valence-electron chi connectivity index (χ1n) is 5.95. The number of hydrogen-bond donors (Lipinski definition) is 1. The SMILES string of the molecule is N#Cc1ccc(S(=O)(=O)Nc2ccc3ocnc3c2)cc1. The maximum absolute atomic E-state index is 12.2. The van der Waals surface area contributed by atoms with Crippen molar-refractivity contribution >= 4 is 26.8 Å². The van der Waals surface area contributed by atoms with E-state index in [0.29, 0.717) is 22.4 Å². The Balaban J connectivity index is 1.92. The molecular formula is C14H9N3O3S. The van der Waals surface area contributed by atoms with Gasteiger partial charge in [-0.1, -0.05) is 0 Å². The first kappa shape index (κ1) is 13.1. The van der Waals surface area contributed by atoms with E-state index in [1.165, 1.54) is 30.7 Å². The molecule has 0 aliphatic carbocycles. The third-order valence-corrected chi connectivity index (χ3v) is 4.27. The zero-order valence-electron chi connectivity index (χ0n) is 10.6. The van der Waals surface area contributed by atoms with Gasteiger partial charge in [0, 0.05) is 0 Å². The Kier molecular flexibility index (Phi) is 3.08. The van der Waals surface area contributed by atoms with E-state index in [-0.39, 0.29) is 4.90 Å². The van der Waals surface area contributed by atoms with Crippen LogP contribution in [0.2, 0.25) is 0 Å². The van der Waals surface area contributed by atoms with Crippen LogP contribution in [0.1, 0.15) is 5.56 Å². The van der Waals surface area contributed by atoms with Gasteiger partial charge in [-0.3, -0.25) is 4.72 Å². The van der Waals surface area contributed by atoms with Crippen LogP contribution < -0.4 is 4.72 Å². The van der Waals surface area contributed by atoms with Gasteiger partial charge in [-0.25, -0.2) is 13.4 Å². The minimum Gasteiger partial charge on any atom is -0.443 e. The van der Waals surface area contributed by atoms with Gasteiger partial charge in [0.2, 0.25) is 0 Å². The van der Waals surface area contributed by atoms with Crippen LogP contribution in [0.4, 0.5) is 5.69 Å². The molecule has 0 radical (unpaired) electrons. The molecule has 1 heterocycles. The van der Waals surface area contributed by atoms with Crippen molar-refractivity contribution in [1.29, 1.82) is 5.26 Å². The molecule has 0 amide bonds. The lowest BCUT2D eigenvalue weighted by atomic mass is 10.2. The largest absolute Gasteiger partial charge is 0.443 e. The van der Waals surface area contributed by atoms with E-state index in [2.05, 4.69) is 9.71 Å². The van der Waals surface area contributed by atoms with E-state index in [9.17, 15) is 8.42 Å². The number of nitrogens with zero attached hydrogens (tertiary/aromatic N) is 2. The van der Waals surface area contributed by atoms with Crippen molar-refractivity contribution in [3.8, 4) is 6.07 Å². The molecule has 21 heavy (non-hydrogen) atoms. The summed E-state index contributed by atoms with van der Waals surface area (Å²) in [6, 6.07) is 12.4. The van der Waals surface area contributed by atoms with Crippen LogP contribution in [0.25, 0.3) is 11.1 Å². The molecule has 104 valence electrons. The van der Waals surface area contributed by atoms with Gasteiger partial charge < -0.3 is 4.42 Å². The van der Waals surface area contributed by atoms with E-state index in [4.69, 9.17) is 9.68 Å². The Hall–Kier alpha value is -2.85. The number of nitrogens with one attached hydrogen (secondary N) is 1. The lowest BCUT2D eigenvalue weighted by Gasteiger charge is -2.07. The molecule has 0 atom stereocenters. The molecular weight excluding hydrogens is 290 g/mol. The van der Waals surface area contributed by atoms with Crippen molar-refractivity contribution < 1.29 is 12.8 Å². The molecule has 0 fully saturated rings. The van der Waals surface area contributed by atoms with Gasteiger partial charge in [0.15, 0.2) is 12.0 Å². The van der Waals surface area contributed by atoms with Crippen molar-refractivity contribution in [2.24, 2.45) is 0 Å². The molecule has 7 heteroatoms. The molecule has 2 aromatic carbocycles. The summed E-state index contributed by atoms with van der Waals surface area (Å²) < 4.78 is 32.0. The molecule has 1 N–H and O–H groups in total. The highest BCUT2D eigenvalue weighted by Crippen LogP contribution is 2.21. The van der Waals surface area contributed by atoms with Crippen molar-refractivity contribution in [3.63, 3.8) is 0 Å². The summed E-state index contributed by atoms with van der Waals surface area (Å²) in [5, 5.41) is 8.72. The van der Waals surface area contributed by atoms with E-state index in [1.54, 1.807) is 18.2 Å². The maximum Gasteiger partial charge on any atom is 0.261 e. The van der Waals surface area contributed by atoms with Crippen LogP contribution >= 0.6 is 0 Å². The molecule has 0 aliphatic rings. The Morgan fingerprint density at radius 3 is 2.62 bits per heavy atom. The number of rotatable bonds is 3. The van der Waals surface area contributed by atoms with E-state index < -0.39 is 10.0 Å². The molecule has 0 unspecified atom stereocenters. The van der Waals surface area contributed by atoms with Crippen LogP contribution in [-0.2, 0) is 10.0 Å². The summed E-state index contributed by atoms with van der Waals surface area (Å²) >= 11 is 0. The monoisotopic (exact) mass is 299 g/mol. The molecule has 0 aliphatic heterocycles. The van der Waals surface area contributed by atoms with Crippen molar-refractivity contribution in [3.05, 3.63) is 54.4 Å². The standard InChI is InChI=1S/C14H9N3O3S/c15-8-10-1-4-12(5-2-10)21(18,19)17-11-3-6-14-13(7-11)16-9-20-14/h1-7,9,17H. The molecule has 6 nitrogen and oxygen atoms in total. The topological polar surface area (TPSA) is 96.0 Å². The van der Waals surface area contributed by atoms with Gasteiger partial charge in [0.05, 0.1) is 22.2 Å². The van der Waals surface area contributed by atoms with Crippen LogP contribution in [0.5, 0.6) is 0 Å². The third kappa shape index (κ3) is 2.57. The Bertz CT molecular complexity index is 938. The lowest BCUT2D eigenvalue weighted by molar-refractivity contribution is 0.600. The first-order chi connectivity index (χ1) is 10.1. The fourth-order valence-electron chi connectivity index (χ4n) is 1.84. The molecule has 0 saturated carbocycles. The normalized spacial score (nSPS) is 11.2. The number of nitriles is 1. The minimum atomic E-state index is -3.71. The minimum absolute atomic E-state index is 0.0850. The number of sulfonamides is 1. The second kappa shape index (κ2) is 4.92. The van der Waals surface area contributed by atoms with Crippen molar-refractivity contribution in [2.75, 3.05) is 4.72 Å². The highest BCUT2D eigenvalue weighted by molar-refractivity contribution is 7.92.